The monoisotopic (exact) mass is 411 g/mol. The fourth-order valence-electron chi connectivity index (χ4n) is 3.03. The summed E-state index contributed by atoms with van der Waals surface area (Å²) in [6.07, 6.45) is 0. The average Bonchev–Trinajstić information content (AvgIpc) is 3.14. The molecule has 152 valence electrons. The lowest BCUT2D eigenvalue weighted by atomic mass is 10.0. The van der Waals surface area contributed by atoms with Gasteiger partial charge in [0, 0.05) is 10.7 Å². The van der Waals surface area contributed by atoms with Gasteiger partial charge in [-0.3, -0.25) is 4.79 Å². The Morgan fingerprint density at radius 2 is 1.83 bits per heavy atom. The number of anilines is 1. The van der Waals surface area contributed by atoms with Crippen LogP contribution >= 0.6 is 11.6 Å². The van der Waals surface area contributed by atoms with Crippen LogP contribution in [0.25, 0.3) is 0 Å². The van der Waals surface area contributed by atoms with Gasteiger partial charge in [0.1, 0.15) is 18.1 Å². The number of halogens is 1. The van der Waals surface area contributed by atoms with Crippen LogP contribution in [0.2, 0.25) is 5.02 Å². The van der Waals surface area contributed by atoms with E-state index in [-0.39, 0.29) is 24.2 Å². The molecule has 0 radical (unpaired) electrons. The Hall–Kier alpha value is -2.72. The van der Waals surface area contributed by atoms with Gasteiger partial charge in [0.05, 0.1) is 0 Å². The molecule has 0 saturated heterocycles. The Morgan fingerprint density at radius 1 is 1.07 bits per heavy atom. The highest BCUT2D eigenvalue weighted by Gasteiger charge is 2.15. The van der Waals surface area contributed by atoms with Gasteiger partial charge >= 0.3 is 0 Å². The summed E-state index contributed by atoms with van der Waals surface area (Å²) < 4.78 is 11.7. The third-order valence-corrected chi connectivity index (χ3v) is 5.22. The number of hydrogen-bond donors (Lipinski definition) is 1. The molecule has 3 rings (SSSR count). The summed E-state index contributed by atoms with van der Waals surface area (Å²) in [5.41, 5.74) is 4.86. The number of rotatable bonds is 6. The van der Waals surface area contributed by atoms with E-state index in [9.17, 15) is 4.79 Å². The minimum atomic E-state index is -0.282. The molecule has 1 N–H and O–H groups in total. The van der Waals surface area contributed by atoms with Gasteiger partial charge in [0.25, 0.3) is 5.91 Å². The van der Waals surface area contributed by atoms with Crippen molar-refractivity contribution < 1.29 is 13.9 Å². The maximum Gasteiger partial charge on any atom is 0.291 e. The van der Waals surface area contributed by atoms with Crippen molar-refractivity contribution in [3.8, 4) is 5.75 Å². The molecule has 3 aromatic rings. The molecule has 0 atom stereocenters. The molecule has 29 heavy (non-hydrogen) atoms. The summed E-state index contributed by atoms with van der Waals surface area (Å²) in [6.45, 7) is 10.3. The molecule has 0 aliphatic heterocycles. The largest absolute Gasteiger partial charge is 0.485 e. The number of furan rings is 1. The molecule has 1 heterocycles. The average molecular weight is 412 g/mol. The highest BCUT2D eigenvalue weighted by atomic mass is 35.5. The van der Waals surface area contributed by atoms with Crippen LogP contribution in [0, 0.1) is 20.8 Å². The fourth-order valence-corrected chi connectivity index (χ4v) is 3.20. The molecular weight excluding hydrogens is 386 g/mol. The Kier molecular flexibility index (Phi) is 6.33. The molecule has 0 spiro atoms. The number of benzene rings is 2. The summed E-state index contributed by atoms with van der Waals surface area (Å²) in [7, 11) is 0. The number of carbonyl (C=O) groups is 1. The highest BCUT2D eigenvalue weighted by Crippen LogP contribution is 2.32. The summed E-state index contributed by atoms with van der Waals surface area (Å²) in [6, 6.07) is 13.2. The smallest absolute Gasteiger partial charge is 0.291 e. The molecule has 0 saturated carbocycles. The van der Waals surface area contributed by atoms with Gasteiger partial charge in [-0.2, -0.15) is 0 Å². The number of nitrogens with one attached hydrogen (secondary N) is 1. The molecule has 1 aromatic heterocycles. The molecule has 0 aliphatic rings. The summed E-state index contributed by atoms with van der Waals surface area (Å²) >= 11 is 6.25. The fraction of sp³-hybridized carbons (Fsp3) is 0.292. The van der Waals surface area contributed by atoms with Crippen molar-refractivity contribution in [3.05, 3.63) is 81.3 Å². The standard InChI is InChI=1S/C24H26ClNO3/c1-14(2)19-12-20(25)17(5)11-23(19)28-13-18-8-9-22(29-18)24(27)26-21-10-15(3)6-7-16(21)4/h6-12,14H,13H2,1-5H3,(H,26,27). The minimum Gasteiger partial charge on any atom is -0.485 e. The molecule has 1 amide bonds. The van der Waals surface area contributed by atoms with Gasteiger partial charge in [-0.25, -0.2) is 0 Å². The molecule has 0 fully saturated rings. The summed E-state index contributed by atoms with van der Waals surface area (Å²) in [5, 5.41) is 3.63. The van der Waals surface area contributed by atoms with Crippen LogP contribution in [0.5, 0.6) is 5.75 Å². The molecule has 0 aliphatic carbocycles. The molecule has 5 heteroatoms. The minimum absolute atomic E-state index is 0.234. The van der Waals surface area contributed by atoms with Crippen LogP contribution in [0.1, 0.15) is 58.3 Å². The topological polar surface area (TPSA) is 51.5 Å². The number of carbonyl (C=O) groups excluding carboxylic acids is 1. The van der Waals surface area contributed by atoms with E-state index in [0.717, 1.165) is 38.7 Å². The first-order chi connectivity index (χ1) is 13.7. The van der Waals surface area contributed by atoms with Gasteiger partial charge in [-0.05, 0) is 79.3 Å². The number of ether oxygens (including phenoxy) is 1. The zero-order valence-corrected chi connectivity index (χ0v) is 18.2. The van der Waals surface area contributed by atoms with Crippen molar-refractivity contribution in [1.82, 2.24) is 0 Å². The maximum absolute atomic E-state index is 12.5. The Morgan fingerprint density at radius 3 is 2.55 bits per heavy atom. The Balaban J connectivity index is 1.70. The Labute approximate surface area is 176 Å². The van der Waals surface area contributed by atoms with Crippen LogP contribution < -0.4 is 10.1 Å². The van der Waals surface area contributed by atoms with Crippen molar-refractivity contribution >= 4 is 23.2 Å². The van der Waals surface area contributed by atoms with Crippen molar-refractivity contribution in [1.29, 1.82) is 0 Å². The van der Waals surface area contributed by atoms with E-state index >= 15 is 0 Å². The zero-order chi connectivity index (χ0) is 21.1. The highest BCUT2D eigenvalue weighted by molar-refractivity contribution is 6.31. The maximum atomic E-state index is 12.5. The normalized spacial score (nSPS) is 11.0. The van der Waals surface area contributed by atoms with E-state index in [1.807, 2.05) is 51.1 Å². The molecule has 0 unspecified atom stereocenters. The molecule has 0 bridgehead atoms. The second kappa shape index (κ2) is 8.75. The lowest BCUT2D eigenvalue weighted by Crippen LogP contribution is -2.12. The van der Waals surface area contributed by atoms with Gasteiger partial charge in [-0.1, -0.05) is 37.6 Å². The second-order valence-electron chi connectivity index (χ2n) is 7.62. The third kappa shape index (κ3) is 5.01. The van der Waals surface area contributed by atoms with E-state index in [4.69, 9.17) is 20.8 Å². The molecule has 4 nitrogen and oxygen atoms in total. The van der Waals surface area contributed by atoms with Gasteiger partial charge in [0.15, 0.2) is 5.76 Å². The lowest BCUT2D eigenvalue weighted by Gasteiger charge is -2.15. The van der Waals surface area contributed by atoms with Crippen molar-refractivity contribution in [2.75, 3.05) is 5.32 Å². The quantitative estimate of drug-likeness (QED) is 0.484. The Bertz CT molecular complexity index is 1040. The first kappa shape index (κ1) is 21.0. The third-order valence-electron chi connectivity index (χ3n) is 4.81. The van der Waals surface area contributed by atoms with E-state index in [0.29, 0.717) is 5.76 Å². The van der Waals surface area contributed by atoms with Crippen LogP contribution in [-0.2, 0) is 6.61 Å². The predicted molar refractivity (Wildman–Crippen MR) is 117 cm³/mol. The number of aryl methyl sites for hydroxylation is 3. The van der Waals surface area contributed by atoms with Crippen LogP contribution in [0.3, 0.4) is 0 Å². The molecule has 2 aromatic carbocycles. The number of hydrogen-bond acceptors (Lipinski definition) is 3. The van der Waals surface area contributed by atoms with E-state index < -0.39 is 0 Å². The van der Waals surface area contributed by atoms with E-state index in [1.165, 1.54) is 0 Å². The SMILES string of the molecule is Cc1ccc(C)c(NC(=O)c2ccc(COc3cc(C)c(Cl)cc3C(C)C)o2)c1. The van der Waals surface area contributed by atoms with Crippen LogP contribution in [0.4, 0.5) is 5.69 Å². The van der Waals surface area contributed by atoms with Crippen molar-refractivity contribution in [2.24, 2.45) is 0 Å². The van der Waals surface area contributed by atoms with E-state index in [2.05, 4.69) is 19.2 Å². The predicted octanol–water partition coefficient (Wildman–Crippen LogP) is 6.81. The first-order valence-electron chi connectivity index (χ1n) is 9.64. The van der Waals surface area contributed by atoms with Crippen LogP contribution in [-0.4, -0.2) is 5.91 Å². The molecular formula is C24H26ClNO3. The van der Waals surface area contributed by atoms with Gasteiger partial charge in [0.2, 0.25) is 0 Å². The lowest BCUT2D eigenvalue weighted by molar-refractivity contribution is 0.0992. The second-order valence-corrected chi connectivity index (χ2v) is 8.03. The van der Waals surface area contributed by atoms with Crippen LogP contribution in [0.15, 0.2) is 46.9 Å². The zero-order valence-electron chi connectivity index (χ0n) is 17.4. The first-order valence-corrected chi connectivity index (χ1v) is 10.0. The summed E-state index contributed by atoms with van der Waals surface area (Å²) in [5.74, 6) is 1.60. The van der Waals surface area contributed by atoms with Gasteiger partial charge < -0.3 is 14.5 Å². The summed E-state index contributed by atoms with van der Waals surface area (Å²) in [4.78, 5) is 12.5. The van der Waals surface area contributed by atoms with Crippen molar-refractivity contribution in [3.63, 3.8) is 0 Å². The van der Waals surface area contributed by atoms with E-state index in [1.54, 1.807) is 12.1 Å². The van der Waals surface area contributed by atoms with Gasteiger partial charge in [-0.15, -0.1) is 0 Å². The van der Waals surface area contributed by atoms with Crippen molar-refractivity contribution in [2.45, 2.75) is 47.1 Å². The number of amides is 1.